The molecular weight excluding hydrogens is 348 g/mol. The van der Waals surface area contributed by atoms with Crippen LogP contribution in [-0.4, -0.2) is 41.1 Å². The van der Waals surface area contributed by atoms with Crippen LogP contribution in [0.25, 0.3) is 11.0 Å². The number of aryl methyl sites for hydroxylation is 2. The lowest BCUT2D eigenvalue weighted by Crippen LogP contribution is -2.26. The Labute approximate surface area is 135 Å². The highest BCUT2D eigenvalue weighted by Gasteiger charge is 2.32. The second-order valence-electron chi connectivity index (χ2n) is 5.46. The topological polar surface area (TPSA) is 77.6 Å². The van der Waals surface area contributed by atoms with E-state index in [1.54, 1.807) is 17.3 Å². The Bertz CT molecular complexity index is 838. The molecule has 4 heterocycles. The molecule has 0 bridgehead atoms. The molecule has 0 radical (unpaired) electrons. The zero-order valence-corrected chi connectivity index (χ0v) is 13.9. The van der Waals surface area contributed by atoms with Crippen molar-refractivity contribution in [3.8, 4) is 0 Å². The van der Waals surface area contributed by atoms with Crippen LogP contribution in [0.15, 0.2) is 17.3 Å². The smallest absolute Gasteiger partial charge is 0.164 e. The first-order valence-electron chi connectivity index (χ1n) is 7.10. The molecule has 22 heavy (non-hydrogen) atoms. The highest BCUT2D eigenvalue weighted by Crippen LogP contribution is 2.38. The van der Waals surface area contributed by atoms with Gasteiger partial charge in [-0.1, -0.05) is 0 Å². The van der Waals surface area contributed by atoms with Crippen LogP contribution in [0.1, 0.15) is 24.7 Å². The second-order valence-corrected chi connectivity index (χ2v) is 6.21. The van der Waals surface area contributed by atoms with Gasteiger partial charge < -0.3 is 9.47 Å². The van der Waals surface area contributed by atoms with Crippen molar-refractivity contribution in [1.29, 1.82) is 0 Å². The van der Waals surface area contributed by atoms with E-state index in [1.165, 1.54) is 0 Å². The molecule has 0 saturated carbocycles. The summed E-state index contributed by atoms with van der Waals surface area (Å²) in [6.45, 7) is 0.935. The van der Waals surface area contributed by atoms with E-state index >= 15 is 0 Å². The van der Waals surface area contributed by atoms with Gasteiger partial charge in [0.25, 0.3) is 0 Å². The molecule has 4 rings (SSSR count). The van der Waals surface area contributed by atoms with E-state index in [9.17, 15) is 0 Å². The molecule has 8 nitrogen and oxygen atoms in total. The molecule has 0 unspecified atom stereocenters. The van der Waals surface area contributed by atoms with E-state index in [2.05, 4.69) is 46.1 Å². The predicted octanol–water partition coefficient (Wildman–Crippen LogP) is 1.60. The molecule has 0 N–H and O–H groups in total. The Morgan fingerprint density at radius 2 is 2.14 bits per heavy atom. The maximum Gasteiger partial charge on any atom is 0.164 e. The summed E-state index contributed by atoms with van der Waals surface area (Å²) in [5.74, 6) is 1.86. The first-order valence-corrected chi connectivity index (χ1v) is 7.90. The lowest BCUT2D eigenvalue weighted by atomic mass is 10.2. The Morgan fingerprint density at radius 1 is 1.27 bits per heavy atom. The van der Waals surface area contributed by atoms with Gasteiger partial charge in [0.05, 0.1) is 11.4 Å². The molecule has 1 aliphatic heterocycles. The summed E-state index contributed by atoms with van der Waals surface area (Å²) in [7, 11) is 3.86. The first-order chi connectivity index (χ1) is 10.7. The van der Waals surface area contributed by atoms with Crippen molar-refractivity contribution in [2.45, 2.75) is 18.9 Å². The third kappa shape index (κ3) is 1.92. The lowest BCUT2D eigenvalue weighted by molar-refractivity contribution is 0.626. The normalized spacial score (nSPS) is 18.5. The number of anilines is 1. The number of aromatic nitrogens is 7. The van der Waals surface area contributed by atoms with Gasteiger partial charge in [0.15, 0.2) is 11.5 Å². The molecule has 9 heteroatoms. The molecule has 114 valence electrons. The van der Waals surface area contributed by atoms with Crippen LogP contribution in [0, 0.1) is 0 Å². The molecule has 0 amide bonds. The Morgan fingerprint density at radius 3 is 2.91 bits per heavy atom. The van der Waals surface area contributed by atoms with Gasteiger partial charge in [0.1, 0.15) is 23.1 Å². The monoisotopic (exact) mass is 362 g/mol. The fourth-order valence-corrected chi connectivity index (χ4v) is 3.72. The van der Waals surface area contributed by atoms with Gasteiger partial charge in [-0.25, -0.2) is 14.6 Å². The predicted molar refractivity (Wildman–Crippen MR) is 84.3 cm³/mol. The number of rotatable bonds is 2. The Kier molecular flexibility index (Phi) is 3.10. The van der Waals surface area contributed by atoms with Crippen molar-refractivity contribution in [3.63, 3.8) is 0 Å². The van der Waals surface area contributed by atoms with Gasteiger partial charge in [-0.15, -0.1) is 10.2 Å². The maximum absolute atomic E-state index is 4.53. The SMILES string of the molecule is Cn1cnnc1[C@@H]1CCCN1c1ncnc2c1c(Br)nn2C. The summed E-state index contributed by atoms with van der Waals surface area (Å²) in [6, 6.07) is 0.178. The van der Waals surface area contributed by atoms with Crippen molar-refractivity contribution >= 4 is 32.8 Å². The molecule has 0 aliphatic carbocycles. The van der Waals surface area contributed by atoms with Crippen molar-refractivity contribution in [2.75, 3.05) is 11.4 Å². The quantitative estimate of drug-likeness (QED) is 0.688. The van der Waals surface area contributed by atoms with Crippen LogP contribution < -0.4 is 4.90 Å². The summed E-state index contributed by atoms with van der Waals surface area (Å²) < 4.78 is 4.50. The minimum Gasteiger partial charge on any atom is -0.346 e. The van der Waals surface area contributed by atoms with E-state index in [0.29, 0.717) is 0 Å². The Hall–Kier alpha value is -2.03. The largest absolute Gasteiger partial charge is 0.346 e. The van der Waals surface area contributed by atoms with Crippen molar-refractivity contribution in [2.24, 2.45) is 14.1 Å². The zero-order chi connectivity index (χ0) is 15.3. The number of halogens is 1. The number of fused-ring (bicyclic) bond motifs is 1. The molecule has 0 aromatic carbocycles. The summed E-state index contributed by atoms with van der Waals surface area (Å²) in [6.07, 6.45) is 5.47. The summed E-state index contributed by atoms with van der Waals surface area (Å²) in [5, 5.41) is 13.6. The molecule has 1 saturated heterocycles. The molecule has 1 fully saturated rings. The average molecular weight is 363 g/mol. The minimum atomic E-state index is 0.178. The molecule has 1 aliphatic rings. The lowest BCUT2D eigenvalue weighted by Gasteiger charge is -2.25. The molecule has 1 atom stereocenters. The van der Waals surface area contributed by atoms with Crippen LogP contribution in [0.3, 0.4) is 0 Å². The van der Waals surface area contributed by atoms with Crippen LogP contribution in [0.2, 0.25) is 0 Å². The van der Waals surface area contributed by atoms with Crippen LogP contribution in [0.5, 0.6) is 0 Å². The second kappa shape index (κ2) is 5.01. The highest BCUT2D eigenvalue weighted by molar-refractivity contribution is 9.10. The molecule has 3 aromatic rings. The Balaban J connectivity index is 1.86. The van der Waals surface area contributed by atoms with Crippen LogP contribution >= 0.6 is 15.9 Å². The minimum absolute atomic E-state index is 0.178. The van der Waals surface area contributed by atoms with E-state index in [4.69, 9.17) is 0 Å². The zero-order valence-electron chi connectivity index (χ0n) is 12.3. The van der Waals surface area contributed by atoms with Crippen LogP contribution in [-0.2, 0) is 14.1 Å². The molecule has 3 aromatic heterocycles. The van der Waals surface area contributed by atoms with Crippen molar-refractivity contribution in [3.05, 3.63) is 23.1 Å². The summed E-state index contributed by atoms with van der Waals surface area (Å²) in [4.78, 5) is 11.1. The summed E-state index contributed by atoms with van der Waals surface area (Å²) >= 11 is 3.53. The van der Waals surface area contributed by atoms with E-state index in [1.807, 2.05) is 18.7 Å². The van der Waals surface area contributed by atoms with Crippen molar-refractivity contribution < 1.29 is 0 Å². The van der Waals surface area contributed by atoms with Gasteiger partial charge in [-0.05, 0) is 28.8 Å². The van der Waals surface area contributed by atoms with Gasteiger partial charge in [-0.3, -0.25) is 0 Å². The molecule has 0 spiro atoms. The number of nitrogens with zero attached hydrogens (tertiary/aromatic N) is 8. The molecular formula is C13H15BrN8. The first kappa shape index (κ1) is 13.6. The fourth-order valence-electron chi connectivity index (χ4n) is 3.13. The van der Waals surface area contributed by atoms with Crippen LogP contribution in [0.4, 0.5) is 5.82 Å². The standard InChI is InChI=1S/C13H15BrN8/c1-20-7-17-18-11(20)8-4-3-5-22(8)13-9-10(14)19-21(2)12(9)15-6-16-13/h6-8H,3-5H2,1-2H3/t8-/m0/s1. The van der Waals surface area contributed by atoms with Gasteiger partial charge in [0, 0.05) is 20.6 Å². The maximum atomic E-state index is 4.53. The average Bonchev–Trinajstić information content (AvgIpc) is 3.19. The highest BCUT2D eigenvalue weighted by atomic mass is 79.9. The van der Waals surface area contributed by atoms with Gasteiger partial charge in [0.2, 0.25) is 0 Å². The van der Waals surface area contributed by atoms with E-state index in [0.717, 1.165) is 46.7 Å². The third-order valence-electron chi connectivity index (χ3n) is 4.13. The van der Waals surface area contributed by atoms with Crippen molar-refractivity contribution in [1.82, 2.24) is 34.5 Å². The third-order valence-corrected chi connectivity index (χ3v) is 4.68. The fraction of sp³-hybridized carbons (Fsp3) is 0.462. The summed E-state index contributed by atoms with van der Waals surface area (Å²) in [5.41, 5.74) is 0.820. The van der Waals surface area contributed by atoms with E-state index < -0.39 is 0 Å². The van der Waals surface area contributed by atoms with Gasteiger partial charge >= 0.3 is 0 Å². The number of hydrogen-bond acceptors (Lipinski definition) is 6. The number of hydrogen-bond donors (Lipinski definition) is 0. The van der Waals surface area contributed by atoms with Gasteiger partial charge in [-0.2, -0.15) is 5.10 Å². The van der Waals surface area contributed by atoms with E-state index in [-0.39, 0.29) is 6.04 Å².